The Labute approximate surface area is 269 Å². The molecule has 0 spiro atoms. The molecule has 0 radical (unpaired) electrons. The molecule has 14 atom stereocenters. The van der Waals surface area contributed by atoms with Crippen LogP contribution >= 0.6 is 0 Å². The first-order valence-corrected chi connectivity index (χ1v) is 14.9. The lowest BCUT2D eigenvalue weighted by Crippen LogP contribution is -2.67. The second-order valence-electron chi connectivity index (χ2n) is 11.8. The third-order valence-electron chi connectivity index (χ3n) is 7.99. The van der Waals surface area contributed by atoms with Crippen molar-refractivity contribution in [2.45, 2.75) is 113 Å². The Bertz CT molecular complexity index is 1110. The number of carboxylic acid groups (broad SMARTS) is 1. The lowest BCUT2D eigenvalue weighted by atomic mass is 9.82. The number of carbonyl (C=O) groups is 5. The third-order valence-corrected chi connectivity index (χ3v) is 7.99. The zero-order chi connectivity index (χ0) is 35.9. The van der Waals surface area contributed by atoms with Crippen molar-refractivity contribution in [2.24, 2.45) is 17.4 Å². The van der Waals surface area contributed by atoms with Gasteiger partial charge in [0.2, 0.25) is 23.6 Å². The molecule has 47 heavy (non-hydrogen) atoms. The summed E-state index contributed by atoms with van der Waals surface area (Å²) in [6.07, 6.45) is -14.6. The number of ether oxygens (including phenoxy) is 3. The van der Waals surface area contributed by atoms with Gasteiger partial charge in [0.05, 0.1) is 43.4 Å². The Morgan fingerprint density at radius 3 is 1.87 bits per heavy atom. The van der Waals surface area contributed by atoms with Gasteiger partial charge in [-0.3, -0.25) is 24.0 Å². The molecule has 0 saturated carbocycles. The summed E-state index contributed by atoms with van der Waals surface area (Å²) in [5.74, 6) is -6.83. The number of carboxylic acids is 1. The number of carbonyl (C=O) groups excluding carboxylic acids is 4. The molecular weight excluding hydrogens is 634 g/mol. The molecule has 4 amide bonds. The average molecular weight is 682 g/mol. The summed E-state index contributed by atoms with van der Waals surface area (Å²) < 4.78 is 16.7. The number of hydrogen-bond donors (Lipinski definition) is 11. The first-order chi connectivity index (χ1) is 21.9. The van der Waals surface area contributed by atoms with E-state index < -0.39 is 141 Å². The van der Waals surface area contributed by atoms with Gasteiger partial charge in [-0.25, -0.2) is 0 Å². The highest BCUT2D eigenvalue weighted by Crippen LogP contribution is 2.31. The number of nitrogens with one attached hydrogen (secondary N) is 2. The highest BCUT2D eigenvalue weighted by molar-refractivity contribution is 5.89. The Morgan fingerprint density at radius 2 is 1.40 bits per heavy atom. The summed E-state index contributed by atoms with van der Waals surface area (Å²) in [6.45, 7) is 2.77. The van der Waals surface area contributed by atoms with Crippen molar-refractivity contribution in [1.29, 1.82) is 0 Å². The molecule has 2 saturated heterocycles. The van der Waals surface area contributed by atoms with Gasteiger partial charge in [-0.15, -0.1) is 0 Å². The van der Waals surface area contributed by atoms with Gasteiger partial charge >= 0.3 is 5.97 Å². The highest BCUT2D eigenvalue weighted by Gasteiger charge is 2.51. The molecule has 2 heterocycles. The largest absolute Gasteiger partial charge is 0.481 e. The molecule has 0 aromatic rings. The van der Waals surface area contributed by atoms with Gasteiger partial charge in [-0.2, -0.15) is 0 Å². The Balaban J connectivity index is 2.47. The standard InChI is InChI=1S/C27H47N5O15/c1-9(45-23-18(31-12(4)36)27(44)47-16(8-34)20(23)38)6-32(25(41)10(2)28)14(24(29)40)5-13(26(42)43)22-17(30-11(3)35)21(39)19(37)15(7-33)46-22/h9-10,13-23,27,33-34,37-39,44H,5-8,28H2,1-4H3,(H2,29,40)(H,30,35)(H,31,36)(H,42,43)/t9?,10-,13?,14-,15+,16+,17+,18+,19+,20+,21+,22-,23+,27-/m0/s1. The van der Waals surface area contributed by atoms with Crippen LogP contribution in [0, 0.1) is 5.92 Å². The van der Waals surface area contributed by atoms with E-state index in [9.17, 15) is 59.7 Å². The number of primary amides is 1. The second kappa shape index (κ2) is 17.4. The fourth-order valence-corrected chi connectivity index (χ4v) is 5.76. The van der Waals surface area contributed by atoms with E-state index in [4.69, 9.17) is 25.7 Å². The van der Waals surface area contributed by atoms with E-state index in [1.807, 2.05) is 0 Å². The van der Waals surface area contributed by atoms with Crippen molar-refractivity contribution in [1.82, 2.24) is 15.5 Å². The van der Waals surface area contributed by atoms with E-state index in [0.717, 1.165) is 18.7 Å². The van der Waals surface area contributed by atoms with Crippen LogP contribution in [0.4, 0.5) is 0 Å². The van der Waals surface area contributed by atoms with Crippen molar-refractivity contribution >= 4 is 29.6 Å². The van der Waals surface area contributed by atoms with Crippen molar-refractivity contribution in [3.63, 3.8) is 0 Å². The normalized spacial score (nSPS) is 33.5. The van der Waals surface area contributed by atoms with Crippen LogP contribution in [0.1, 0.15) is 34.1 Å². The van der Waals surface area contributed by atoms with E-state index in [2.05, 4.69) is 10.6 Å². The van der Waals surface area contributed by atoms with Crippen LogP contribution in [-0.4, -0.2) is 169 Å². The summed E-state index contributed by atoms with van der Waals surface area (Å²) >= 11 is 0. The molecular formula is C27H47N5O15. The average Bonchev–Trinajstić information content (AvgIpc) is 2.98. The topological polar surface area (TPSA) is 334 Å². The zero-order valence-corrected chi connectivity index (χ0v) is 26.4. The molecule has 0 aromatic carbocycles. The van der Waals surface area contributed by atoms with Gasteiger partial charge < -0.3 is 77.0 Å². The number of nitrogens with two attached hydrogens (primary N) is 2. The summed E-state index contributed by atoms with van der Waals surface area (Å²) in [7, 11) is 0. The summed E-state index contributed by atoms with van der Waals surface area (Å²) in [6, 6.07) is -5.88. The fourth-order valence-electron chi connectivity index (χ4n) is 5.76. The monoisotopic (exact) mass is 681 g/mol. The van der Waals surface area contributed by atoms with Gasteiger partial charge in [0.15, 0.2) is 6.29 Å². The molecule has 2 aliphatic heterocycles. The summed E-state index contributed by atoms with van der Waals surface area (Å²) in [5.41, 5.74) is 11.5. The number of aliphatic hydroxyl groups is 6. The Hall–Kier alpha value is -3.05. The molecule has 2 unspecified atom stereocenters. The van der Waals surface area contributed by atoms with Crippen LogP contribution in [-0.2, 0) is 38.2 Å². The minimum Gasteiger partial charge on any atom is -0.481 e. The molecule has 2 rings (SSSR count). The maximum Gasteiger partial charge on any atom is 0.309 e. The minimum absolute atomic E-state index is 0.516. The van der Waals surface area contributed by atoms with Gasteiger partial charge in [0, 0.05) is 20.4 Å². The fraction of sp³-hybridized carbons (Fsp3) is 0.815. The predicted octanol–water partition coefficient (Wildman–Crippen LogP) is -6.56. The van der Waals surface area contributed by atoms with Gasteiger partial charge in [-0.05, 0) is 20.3 Å². The van der Waals surface area contributed by atoms with E-state index in [0.29, 0.717) is 0 Å². The maximum atomic E-state index is 13.4. The molecule has 270 valence electrons. The van der Waals surface area contributed by atoms with Gasteiger partial charge in [0.1, 0.15) is 48.7 Å². The van der Waals surface area contributed by atoms with E-state index in [1.54, 1.807) is 0 Å². The van der Waals surface area contributed by atoms with Crippen molar-refractivity contribution in [2.75, 3.05) is 19.8 Å². The SMILES string of the molecule is CC(=O)N[C@@H]1[C@@H](OC(C)CN(C(=O)[C@H](C)N)[C@@H](CC(C(=O)O)[C@@H]2O[C@H](CO)[C@@H](O)[C@H](O)[C@H]2NC(C)=O)C(N)=O)[C@H](O)[C@@H](CO)O[C@@H]1O. The highest BCUT2D eigenvalue weighted by atomic mass is 16.6. The van der Waals surface area contributed by atoms with Crippen LogP contribution in [0.3, 0.4) is 0 Å². The van der Waals surface area contributed by atoms with Gasteiger partial charge in [-0.1, -0.05) is 0 Å². The van der Waals surface area contributed by atoms with Crippen LogP contribution < -0.4 is 22.1 Å². The molecule has 2 fully saturated rings. The Morgan fingerprint density at radius 1 is 0.872 bits per heavy atom. The number of aliphatic carboxylic acids is 1. The number of aliphatic hydroxyl groups excluding tert-OH is 6. The molecule has 0 bridgehead atoms. The molecule has 13 N–H and O–H groups in total. The van der Waals surface area contributed by atoms with Crippen LogP contribution in [0.5, 0.6) is 0 Å². The zero-order valence-electron chi connectivity index (χ0n) is 26.4. The van der Waals surface area contributed by atoms with Crippen LogP contribution in [0.15, 0.2) is 0 Å². The van der Waals surface area contributed by atoms with Gasteiger partial charge in [0.25, 0.3) is 0 Å². The van der Waals surface area contributed by atoms with E-state index in [1.165, 1.54) is 13.8 Å². The summed E-state index contributed by atoms with van der Waals surface area (Å²) in [4.78, 5) is 63.4. The van der Waals surface area contributed by atoms with Crippen molar-refractivity contribution < 1.29 is 73.9 Å². The lowest BCUT2D eigenvalue weighted by molar-refractivity contribution is -0.268. The first-order valence-electron chi connectivity index (χ1n) is 14.9. The maximum absolute atomic E-state index is 13.4. The molecule has 20 heteroatoms. The predicted molar refractivity (Wildman–Crippen MR) is 155 cm³/mol. The molecule has 2 aliphatic rings. The molecule has 0 aromatic heterocycles. The first kappa shape index (κ1) is 40.1. The van der Waals surface area contributed by atoms with E-state index >= 15 is 0 Å². The van der Waals surface area contributed by atoms with Crippen LogP contribution in [0.25, 0.3) is 0 Å². The Kier molecular flexibility index (Phi) is 14.8. The lowest BCUT2D eigenvalue weighted by Gasteiger charge is -2.45. The summed E-state index contributed by atoms with van der Waals surface area (Å²) in [5, 5.41) is 76.5. The van der Waals surface area contributed by atoms with E-state index in [-0.39, 0.29) is 0 Å². The molecule has 20 nitrogen and oxygen atoms in total. The quantitative estimate of drug-likeness (QED) is 0.0765. The number of hydrogen-bond acceptors (Lipinski definition) is 15. The van der Waals surface area contributed by atoms with Crippen molar-refractivity contribution in [3.8, 4) is 0 Å². The molecule has 0 aliphatic carbocycles. The number of nitrogens with zero attached hydrogens (tertiary/aromatic N) is 1. The minimum atomic E-state index is -1.81. The second-order valence-corrected chi connectivity index (χ2v) is 11.8. The van der Waals surface area contributed by atoms with Crippen LogP contribution in [0.2, 0.25) is 0 Å². The number of amides is 4. The number of rotatable bonds is 15. The third kappa shape index (κ3) is 9.98. The van der Waals surface area contributed by atoms with Crippen molar-refractivity contribution in [3.05, 3.63) is 0 Å². The smallest absolute Gasteiger partial charge is 0.309 e.